The second-order valence-electron chi connectivity index (χ2n) is 6.18. The summed E-state index contributed by atoms with van der Waals surface area (Å²) in [5.74, 6) is 0. The predicted molar refractivity (Wildman–Crippen MR) is 101 cm³/mol. The Kier molecular flexibility index (Phi) is 4.05. The molecule has 7 heteroatoms. The lowest BCUT2D eigenvalue weighted by Gasteiger charge is -2.30. The van der Waals surface area contributed by atoms with E-state index in [2.05, 4.69) is 15.2 Å². The van der Waals surface area contributed by atoms with Crippen molar-refractivity contribution in [2.24, 2.45) is 0 Å². The number of hydrogen-bond donors (Lipinski definition) is 2. The molecule has 0 saturated carbocycles. The number of fused-ring (bicyclic) bond motifs is 1. The van der Waals surface area contributed by atoms with E-state index in [0.717, 1.165) is 42.8 Å². The quantitative estimate of drug-likeness (QED) is 0.696. The first-order valence-electron chi connectivity index (χ1n) is 8.24. The van der Waals surface area contributed by atoms with Crippen molar-refractivity contribution in [3.63, 3.8) is 0 Å². The molecule has 2 heterocycles. The van der Waals surface area contributed by atoms with Crippen LogP contribution in [-0.4, -0.2) is 47.4 Å². The Morgan fingerprint density at radius 2 is 1.76 bits per heavy atom. The summed E-state index contributed by atoms with van der Waals surface area (Å²) >= 11 is 0. The number of benzene rings is 2. The van der Waals surface area contributed by atoms with Crippen LogP contribution in [0.3, 0.4) is 0 Å². The summed E-state index contributed by atoms with van der Waals surface area (Å²) in [6.07, 6.45) is 0. The molecule has 1 saturated heterocycles. The molecule has 0 bridgehead atoms. The maximum Gasteiger partial charge on any atom is 0.221 e. The lowest BCUT2D eigenvalue weighted by atomic mass is 9.97. The molecule has 25 heavy (non-hydrogen) atoms. The van der Waals surface area contributed by atoms with E-state index < -0.39 is 9.84 Å². The minimum atomic E-state index is -3.64. The van der Waals surface area contributed by atoms with Gasteiger partial charge in [-0.05, 0) is 24.3 Å². The first-order valence-corrected chi connectivity index (χ1v) is 9.72. The molecule has 0 unspecified atom stereocenters. The van der Waals surface area contributed by atoms with Crippen LogP contribution in [0.4, 0.5) is 5.69 Å². The lowest BCUT2D eigenvalue weighted by Crippen LogP contribution is -2.43. The van der Waals surface area contributed by atoms with Gasteiger partial charge in [0.2, 0.25) is 9.84 Å². The van der Waals surface area contributed by atoms with Gasteiger partial charge in [-0.15, -0.1) is 0 Å². The van der Waals surface area contributed by atoms with Gasteiger partial charge >= 0.3 is 0 Å². The molecular formula is C18H18BN3O2S. The van der Waals surface area contributed by atoms with E-state index in [1.54, 1.807) is 24.3 Å². The molecular weight excluding hydrogens is 333 g/mol. The summed E-state index contributed by atoms with van der Waals surface area (Å²) in [6, 6.07) is 14.0. The Morgan fingerprint density at radius 1 is 1.00 bits per heavy atom. The number of aromatic amines is 1. The average molecular weight is 351 g/mol. The Balaban J connectivity index is 1.81. The van der Waals surface area contributed by atoms with Gasteiger partial charge in [0.15, 0.2) is 0 Å². The van der Waals surface area contributed by atoms with Gasteiger partial charge in [-0.1, -0.05) is 29.7 Å². The van der Waals surface area contributed by atoms with Gasteiger partial charge < -0.3 is 15.2 Å². The molecule has 4 rings (SSSR count). The van der Waals surface area contributed by atoms with Gasteiger partial charge in [0.1, 0.15) is 12.9 Å². The van der Waals surface area contributed by atoms with Crippen molar-refractivity contribution in [2.75, 3.05) is 31.1 Å². The maximum atomic E-state index is 12.9. The van der Waals surface area contributed by atoms with Crippen molar-refractivity contribution in [3.8, 4) is 0 Å². The molecule has 2 radical (unpaired) electrons. The van der Waals surface area contributed by atoms with Crippen molar-refractivity contribution in [3.05, 3.63) is 48.5 Å². The Labute approximate surface area is 148 Å². The molecule has 3 aromatic rings. The fourth-order valence-electron chi connectivity index (χ4n) is 3.25. The zero-order valence-electron chi connectivity index (χ0n) is 13.7. The second kappa shape index (κ2) is 6.24. The van der Waals surface area contributed by atoms with E-state index in [-0.39, 0.29) is 9.92 Å². The summed E-state index contributed by atoms with van der Waals surface area (Å²) < 4.78 is 25.9. The number of piperazine rings is 1. The van der Waals surface area contributed by atoms with Gasteiger partial charge in [-0.25, -0.2) is 8.42 Å². The number of sulfone groups is 1. The predicted octanol–water partition coefficient (Wildman–Crippen LogP) is 1.20. The molecule has 5 nitrogen and oxygen atoms in total. The monoisotopic (exact) mass is 351 g/mol. The highest BCUT2D eigenvalue weighted by atomic mass is 32.2. The molecule has 2 N–H and O–H groups in total. The van der Waals surface area contributed by atoms with Crippen molar-refractivity contribution >= 4 is 39.7 Å². The molecule has 1 aliphatic rings. The van der Waals surface area contributed by atoms with Crippen LogP contribution < -0.4 is 15.7 Å². The number of nitrogens with one attached hydrogen (secondary N) is 2. The number of aromatic nitrogens is 1. The molecule has 0 amide bonds. The van der Waals surface area contributed by atoms with Crippen LogP contribution in [0.2, 0.25) is 0 Å². The third kappa shape index (κ3) is 2.94. The Morgan fingerprint density at radius 3 is 2.52 bits per heavy atom. The van der Waals surface area contributed by atoms with Crippen molar-refractivity contribution in [2.45, 2.75) is 9.92 Å². The number of hydrogen-bond acceptors (Lipinski definition) is 4. The molecule has 1 fully saturated rings. The standard InChI is InChI=1S/C18H18BN3O2S/c19-13-3-1-4-14(11-13)25(23,24)18-12-15-16(21-18)5-2-6-17(15)22-9-7-20-8-10-22/h1-6,11-12,20-21H,7-10H2. The Hall–Kier alpha value is -2.25. The maximum absolute atomic E-state index is 12.9. The van der Waals surface area contributed by atoms with Gasteiger partial charge in [-0.2, -0.15) is 0 Å². The fourth-order valence-corrected chi connectivity index (χ4v) is 4.57. The third-order valence-corrected chi connectivity index (χ3v) is 6.21. The zero-order valence-corrected chi connectivity index (χ0v) is 14.5. The van der Waals surface area contributed by atoms with E-state index in [9.17, 15) is 8.42 Å². The number of nitrogens with zero attached hydrogens (tertiary/aromatic N) is 1. The van der Waals surface area contributed by atoms with E-state index in [4.69, 9.17) is 7.85 Å². The highest BCUT2D eigenvalue weighted by Crippen LogP contribution is 2.31. The number of anilines is 1. The van der Waals surface area contributed by atoms with E-state index in [0.29, 0.717) is 5.46 Å². The van der Waals surface area contributed by atoms with Crippen LogP contribution in [-0.2, 0) is 9.84 Å². The molecule has 0 atom stereocenters. The lowest BCUT2D eigenvalue weighted by molar-refractivity contribution is 0.590. The van der Waals surface area contributed by atoms with Gasteiger partial charge in [0.05, 0.1) is 4.90 Å². The van der Waals surface area contributed by atoms with Crippen molar-refractivity contribution < 1.29 is 8.42 Å². The van der Waals surface area contributed by atoms with Crippen LogP contribution in [0.15, 0.2) is 58.5 Å². The highest BCUT2D eigenvalue weighted by Gasteiger charge is 2.22. The largest absolute Gasteiger partial charge is 0.368 e. The van der Waals surface area contributed by atoms with Gasteiger partial charge in [0, 0.05) is 42.8 Å². The van der Waals surface area contributed by atoms with E-state index >= 15 is 0 Å². The topological polar surface area (TPSA) is 65.2 Å². The van der Waals surface area contributed by atoms with Crippen LogP contribution in [0.25, 0.3) is 10.9 Å². The summed E-state index contributed by atoms with van der Waals surface area (Å²) in [6.45, 7) is 3.66. The van der Waals surface area contributed by atoms with Crippen molar-refractivity contribution in [1.29, 1.82) is 0 Å². The van der Waals surface area contributed by atoms with Crippen LogP contribution in [0, 0.1) is 0 Å². The van der Waals surface area contributed by atoms with Crippen LogP contribution >= 0.6 is 0 Å². The normalized spacial score (nSPS) is 15.6. The first kappa shape index (κ1) is 16.2. The summed E-state index contributed by atoms with van der Waals surface area (Å²) in [4.78, 5) is 5.54. The molecule has 2 aromatic carbocycles. The van der Waals surface area contributed by atoms with E-state index in [1.165, 1.54) is 6.07 Å². The zero-order chi connectivity index (χ0) is 17.4. The molecule has 0 spiro atoms. The van der Waals surface area contributed by atoms with Gasteiger partial charge in [-0.3, -0.25) is 0 Å². The molecule has 1 aromatic heterocycles. The minimum Gasteiger partial charge on any atom is -0.368 e. The SMILES string of the molecule is [B]c1cccc(S(=O)(=O)c2cc3c(N4CCNCC4)cccc3[nH]2)c1. The van der Waals surface area contributed by atoms with Gasteiger partial charge in [0.25, 0.3) is 0 Å². The summed E-state index contributed by atoms with van der Waals surface area (Å²) in [5.41, 5.74) is 2.31. The molecule has 1 aliphatic heterocycles. The summed E-state index contributed by atoms with van der Waals surface area (Å²) in [5, 5.41) is 4.45. The average Bonchev–Trinajstić information content (AvgIpc) is 3.07. The fraction of sp³-hybridized carbons (Fsp3) is 0.222. The minimum absolute atomic E-state index is 0.190. The number of H-pyrrole nitrogens is 1. The third-order valence-electron chi connectivity index (χ3n) is 4.53. The summed E-state index contributed by atoms with van der Waals surface area (Å²) in [7, 11) is 2.11. The first-order chi connectivity index (χ1) is 12.1. The van der Waals surface area contributed by atoms with Crippen molar-refractivity contribution in [1.82, 2.24) is 10.3 Å². The smallest absolute Gasteiger partial charge is 0.221 e. The number of rotatable bonds is 3. The second-order valence-corrected chi connectivity index (χ2v) is 8.10. The van der Waals surface area contributed by atoms with Crippen LogP contribution in [0.1, 0.15) is 0 Å². The molecule has 126 valence electrons. The van der Waals surface area contributed by atoms with Crippen LogP contribution in [0.5, 0.6) is 0 Å². The molecule has 0 aliphatic carbocycles. The van der Waals surface area contributed by atoms with E-state index in [1.807, 2.05) is 18.2 Å². The highest BCUT2D eigenvalue weighted by molar-refractivity contribution is 7.91. The Bertz CT molecular complexity index is 1020.